The van der Waals surface area contributed by atoms with E-state index in [0.29, 0.717) is 0 Å². The normalized spacial score (nSPS) is 7.38. The average molecular weight is 230 g/mol. The molecule has 0 heterocycles. The lowest BCUT2D eigenvalue weighted by molar-refractivity contribution is 0.113. The molecule has 0 fully saturated rings. The van der Waals surface area contributed by atoms with Gasteiger partial charge in [0.2, 0.25) is 0 Å². The summed E-state index contributed by atoms with van der Waals surface area (Å²) < 4.78 is 3.67. The molecule has 0 bridgehead atoms. The van der Waals surface area contributed by atoms with Crippen LogP contribution in [0.15, 0.2) is 30.3 Å². The number of hydrogen-bond acceptors (Lipinski definition) is 3. The van der Waals surface area contributed by atoms with Gasteiger partial charge in [-0.15, -0.1) is 0 Å². The molecule has 0 unspecified atom stereocenters. The van der Waals surface area contributed by atoms with Crippen LogP contribution in [-0.4, -0.2) is 34.7 Å². The minimum absolute atomic E-state index is 1.10. The zero-order chi connectivity index (χ0) is 13.0. The first kappa shape index (κ1) is 16.2. The van der Waals surface area contributed by atoms with E-state index in [4.69, 9.17) is 24.9 Å². The van der Waals surface area contributed by atoms with Gasteiger partial charge in [-0.3, -0.25) is 0 Å². The van der Waals surface area contributed by atoms with Gasteiger partial charge in [-0.25, -0.2) is 9.59 Å². The van der Waals surface area contributed by atoms with Gasteiger partial charge in [0.05, 0.1) is 7.11 Å². The van der Waals surface area contributed by atoms with E-state index < -0.39 is 12.3 Å². The van der Waals surface area contributed by atoms with E-state index in [-0.39, 0.29) is 0 Å². The molecule has 0 atom stereocenters. The molecule has 0 saturated carbocycles. The van der Waals surface area contributed by atoms with Crippen LogP contribution in [-0.2, 0) is 4.74 Å². The van der Waals surface area contributed by atoms with Gasteiger partial charge in [-0.1, -0.05) is 35.9 Å². The smallest absolute Gasteiger partial charge is 0.450 e. The van der Waals surface area contributed by atoms with Gasteiger partial charge in [-0.2, -0.15) is 0 Å². The number of carbonyl (C=O) groups is 2. The van der Waals surface area contributed by atoms with Crippen molar-refractivity contribution in [1.82, 2.24) is 0 Å². The molecule has 3 N–H and O–H groups in total. The molecule has 0 aliphatic carbocycles. The van der Waals surface area contributed by atoms with Crippen molar-refractivity contribution in [1.29, 1.82) is 0 Å². The number of benzene rings is 1. The number of ether oxygens (including phenoxy) is 1. The van der Waals surface area contributed by atoms with Crippen molar-refractivity contribution in [2.24, 2.45) is 0 Å². The highest BCUT2D eigenvalue weighted by Crippen LogP contribution is 1.92. The van der Waals surface area contributed by atoms with Crippen molar-refractivity contribution < 1.29 is 29.6 Å². The molecule has 6 nitrogen and oxygen atoms in total. The van der Waals surface area contributed by atoms with Crippen molar-refractivity contribution in [2.45, 2.75) is 6.92 Å². The van der Waals surface area contributed by atoms with Crippen LogP contribution >= 0.6 is 0 Å². The van der Waals surface area contributed by atoms with Crippen molar-refractivity contribution in [2.75, 3.05) is 7.11 Å². The Kier molecular flexibility index (Phi) is 11.0. The van der Waals surface area contributed by atoms with Gasteiger partial charge in [0, 0.05) is 0 Å². The number of methoxy groups -OCH3 is 1. The molecule has 1 aromatic rings. The third-order valence-corrected chi connectivity index (χ3v) is 1.12. The molecule has 90 valence electrons. The van der Waals surface area contributed by atoms with Crippen LogP contribution in [0.4, 0.5) is 9.59 Å². The lowest BCUT2D eigenvalue weighted by Crippen LogP contribution is -1.91. The fourth-order valence-electron chi connectivity index (χ4n) is 0.534. The van der Waals surface area contributed by atoms with E-state index in [0.717, 1.165) is 7.11 Å². The molecule has 0 aliphatic heterocycles. The molecule has 0 aliphatic rings. The molecule has 0 aromatic heterocycles. The van der Waals surface area contributed by atoms with Gasteiger partial charge >= 0.3 is 12.3 Å². The molecule has 6 heteroatoms. The first-order valence-electron chi connectivity index (χ1n) is 4.10. The molecule has 0 saturated heterocycles. The van der Waals surface area contributed by atoms with Gasteiger partial charge in [-0.05, 0) is 6.92 Å². The van der Waals surface area contributed by atoms with Crippen LogP contribution in [0.25, 0.3) is 0 Å². The second-order valence-electron chi connectivity index (χ2n) is 2.41. The lowest BCUT2D eigenvalue weighted by Gasteiger charge is -1.82. The Morgan fingerprint density at radius 1 is 1.06 bits per heavy atom. The quantitative estimate of drug-likeness (QED) is 0.591. The summed E-state index contributed by atoms with van der Waals surface area (Å²) in [7, 11) is 1.10. The van der Waals surface area contributed by atoms with E-state index in [1.165, 1.54) is 5.56 Å². The topological polar surface area (TPSA) is 104 Å². The third-order valence-electron chi connectivity index (χ3n) is 1.12. The van der Waals surface area contributed by atoms with Crippen LogP contribution in [0.1, 0.15) is 5.56 Å². The van der Waals surface area contributed by atoms with E-state index in [9.17, 15) is 0 Å². The largest absolute Gasteiger partial charge is 0.505 e. The average Bonchev–Trinajstić information content (AvgIpc) is 2.19. The first-order chi connectivity index (χ1) is 7.40. The van der Waals surface area contributed by atoms with Crippen molar-refractivity contribution in [3.63, 3.8) is 0 Å². The minimum Gasteiger partial charge on any atom is -0.450 e. The highest BCUT2D eigenvalue weighted by molar-refractivity contribution is 5.56. The molecule has 0 radical (unpaired) electrons. The Balaban J connectivity index is 0. The summed E-state index contributed by atoms with van der Waals surface area (Å²) in [5.74, 6) is 0. The highest BCUT2D eigenvalue weighted by Gasteiger charge is 1.80. The summed E-state index contributed by atoms with van der Waals surface area (Å²) in [6.07, 6.45) is -3.08. The minimum atomic E-state index is -1.83. The van der Waals surface area contributed by atoms with Crippen LogP contribution in [0.3, 0.4) is 0 Å². The van der Waals surface area contributed by atoms with Crippen molar-refractivity contribution in [3.05, 3.63) is 35.9 Å². The number of aryl methyl sites for hydroxylation is 1. The second kappa shape index (κ2) is 10.8. The van der Waals surface area contributed by atoms with Gasteiger partial charge < -0.3 is 20.1 Å². The Morgan fingerprint density at radius 2 is 1.38 bits per heavy atom. The highest BCUT2D eigenvalue weighted by atomic mass is 16.6. The zero-order valence-corrected chi connectivity index (χ0v) is 8.95. The van der Waals surface area contributed by atoms with Gasteiger partial charge in [0.25, 0.3) is 0 Å². The Bertz CT molecular complexity index is 291. The Morgan fingerprint density at radius 3 is 1.50 bits per heavy atom. The number of carboxylic acid groups (broad SMARTS) is 3. The summed E-state index contributed by atoms with van der Waals surface area (Å²) in [6, 6.07) is 10.3. The van der Waals surface area contributed by atoms with Gasteiger partial charge in [0.15, 0.2) is 0 Å². The molecule has 1 aromatic carbocycles. The van der Waals surface area contributed by atoms with E-state index in [1.807, 2.05) is 18.2 Å². The molecule has 16 heavy (non-hydrogen) atoms. The maximum atomic E-state index is 9.15. The third kappa shape index (κ3) is 22.6. The standard InChI is InChI=1S/C7H8.C2H4O3.CH2O3/c1-7-5-3-2-4-6-7;1-5-2(3)4;2-1(3)4/h2-6H,1H3;1H3,(H,3,4);(H2,2,3,4). The van der Waals surface area contributed by atoms with Crippen molar-refractivity contribution in [3.8, 4) is 0 Å². The summed E-state index contributed by atoms with van der Waals surface area (Å²) in [5, 5.41) is 21.4. The predicted molar refractivity (Wildman–Crippen MR) is 56.9 cm³/mol. The fraction of sp³-hybridized carbons (Fsp3) is 0.200. The van der Waals surface area contributed by atoms with Gasteiger partial charge in [0.1, 0.15) is 0 Å². The monoisotopic (exact) mass is 230 g/mol. The molecular weight excluding hydrogens is 216 g/mol. The molecule has 0 spiro atoms. The zero-order valence-electron chi connectivity index (χ0n) is 8.95. The first-order valence-corrected chi connectivity index (χ1v) is 4.10. The second-order valence-corrected chi connectivity index (χ2v) is 2.41. The number of rotatable bonds is 0. The summed E-state index contributed by atoms with van der Waals surface area (Å²) >= 11 is 0. The van der Waals surface area contributed by atoms with E-state index in [1.54, 1.807) is 0 Å². The fourth-order valence-corrected chi connectivity index (χ4v) is 0.534. The maximum absolute atomic E-state index is 9.15. The lowest BCUT2D eigenvalue weighted by atomic mass is 10.2. The number of hydrogen-bond donors (Lipinski definition) is 3. The Labute approximate surface area is 92.7 Å². The van der Waals surface area contributed by atoms with Crippen LogP contribution < -0.4 is 0 Å². The summed E-state index contributed by atoms with van der Waals surface area (Å²) in [4.78, 5) is 17.7. The SMILES string of the molecule is COC(=O)O.Cc1ccccc1.O=C(O)O. The van der Waals surface area contributed by atoms with E-state index >= 15 is 0 Å². The summed E-state index contributed by atoms with van der Waals surface area (Å²) in [5.41, 5.74) is 1.32. The van der Waals surface area contributed by atoms with Crippen LogP contribution in [0.5, 0.6) is 0 Å². The van der Waals surface area contributed by atoms with Crippen LogP contribution in [0, 0.1) is 6.92 Å². The maximum Gasteiger partial charge on any atom is 0.505 e. The predicted octanol–water partition coefficient (Wildman–Crippen LogP) is 2.53. The molecule has 0 amide bonds. The molecular formula is C10H14O6. The summed E-state index contributed by atoms with van der Waals surface area (Å²) in [6.45, 7) is 2.08. The van der Waals surface area contributed by atoms with Crippen molar-refractivity contribution >= 4 is 12.3 Å². The Hall–Kier alpha value is -2.24. The molecule has 1 rings (SSSR count). The van der Waals surface area contributed by atoms with Crippen LogP contribution in [0.2, 0.25) is 0 Å². The van der Waals surface area contributed by atoms with E-state index in [2.05, 4.69) is 23.8 Å².